The molecule has 3 aliphatic rings. The minimum atomic E-state index is -0.565. The van der Waals surface area contributed by atoms with E-state index < -0.39 is 11.6 Å². The minimum Gasteiger partial charge on any atom is -0.396 e. The molecule has 0 bridgehead atoms. The van der Waals surface area contributed by atoms with Crippen LogP contribution in [-0.2, 0) is 11.3 Å². The van der Waals surface area contributed by atoms with E-state index in [0.29, 0.717) is 39.1 Å². The number of aromatic nitrogens is 1. The summed E-state index contributed by atoms with van der Waals surface area (Å²) in [6.07, 6.45) is 3.69. The van der Waals surface area contributed by atoms with Gasteiger partial charge in [0.1, 0.15) is 11.6 Å². The molecule has 36 heavy (non-hydrogen) atoms. The van der Waals surface area contributed by atoms with E-state index in [9.17, 15) is 18.7 Å². The summed E-state index contributed by atoms with van der Waals surface area (Å²) < 4.78 is 28.4. The van der Waals surface area contributed by atoms with E-state index in [0.717, 1.165) is 35.4 Å². The van der Waals surface area contributed by atoms with Gasteiger partial charge in [-0.05, 0) is 67.0 Å². The Kier molecular flexibility index (Phi) is 7.25. The van der Waals surface area contributed by atoms with E-state index in [4.69, 9.17) is 4.99 Å². The number of likely N-dealkylation sites (tertiary alicyclic amines) is 1. The van der Waals surface area contributed by atoms with E-state index >= 15 is 0 Å². The molecule has 2 unspecified atom stereocenters. The predicted octanol–water partition coefficient (Wildman–Crippen LogP) is 3.52. The van der Waals surface area contributed by atoms with Crippen molar-refractivity contribution in [2.24, 2.45) is 16.8 Å². The number of carbonyl (C=O) groups excluding carboxylic acids is 1. The Hall–Kier alpha value is -2.97. The van der Waals surface area contributed by atoms with E-state index in [2.05, 4.69) is 4.98 Å². The van der Waals surface area contributed by atoms with Crippen molar-refractivity contribution in [1.82, 2.24) is 14.8 Å². The molecule has 1 amide bonds. The van der Waals surface area contributed by atoms with Crippen molar-refractivity contribution in [3.63, 3.8) is 0 Å². The Morgan fingerprint density at radius 2 is 1.94 bits per heavy atom. The molecule has 0 radical (unpaired) electrons. The van der Waals surface area contributed by atoms with Crippen LogP contribution in [0.2, 0.25) is 0 Å². The molecule has 2 atom stereocenters. The summed E-state index contributed by atoms with van der Waals surface area (Å²) in [4.78, 5) is 26.3. The smallest absolute Gasteiger partial charge is 0.223 e. The molecule has 2 aromatic rings. The zero-order chi connectivity index (χ0) is 25.2. The zero-order valence-electron chi connectivity index (χ0n) is 20.6. The summed E-state index contributed by atoms with van der Waals surface area (Å²) in [6, 6.07) is 7.88. The van der Waals surface area contributed by atoms with Crippen molar-refractivity contribution in [3.05, 3.63) is 76.1 Å². The number of hydrogen-bond donors (Lipinski definition) is 1. The highest BCUT2D eigenvalue weighted by atomic mass is 19.1. The van der Waals surface area contributed by atoms with Crippen molar-refractivity contribution in [3.8, 4) is 0 Å². The summed E-state index contributed by atoms with van der Waals surface area (Å²) in [5.74, 6) is -1.05. The lowest BCUT2D eigenvalue weighted by molar-refractivity contribution is -0.132. The molecular formula is C28H32F2N4O2. The summed E-state index contributed by atoms with van der Waals surface area (Å²) in [5, 5.41) is 9.85. The molecular weight excluding hydrogens is 462 g/mol. The molecule has 0 aliphatic carbocycles. The van der Waals surface area contributed by atoms with Gasteiger partial charge >= 0.3 is 0 Å². The normalized spacial score (nSPS) is 22.6. The van der Waals surface area contributed by atoms with Crippen LogP contribution in [0, 0.1) is 30.4 Å². The number of halogens is 2. The monoisotopic (exact) mass is 494 g/mol. The summed E-state index contributed by atoms with van der Waals surface area (Å²) in [7, 11) is 0. The maximum absolute atomic E-state index is 14.2. The van der Waals surface area contributed by atoms with Crippen molar-refractivity contribution in [1.29, 1.82) is 0 Å². The third-order valence-electron chi connectivity index (χ3n) is 7.56. The van der Waals surface area contributed by atoms with Gasteiger partial charge < -0.3 is 10.0 Å². The quantitative estimate of drug-likeness (QED) is 0.667. The maximum Gasteiger partial charge on any atom is 0.223 e. The van der Waals surface area contributed by atoms with Crippen molar-refractivity contribution in [2.75, 3.05) is 39.3 Å². The highest BCUT2D eigenvalue weighted by Crippen LogP contribution is 2.31. The van der Waals surface area contributed by atoms with Crippen LogP contribution in [0.3, 0.4) is 0 Å². The minimum absolute atomic E-state index is 0.00786. The molecule has 1 saturated heterocycles. The van der Waals surface area contributed by atoms with Gasteiger partial charge in [-0.2, -0.15) is 0 Å². The van der Waals surface area contributed by atoms with E-state index in [-0.39, 0.29) is 36.5 Å². The number of nitrogens with zero attached hydrogens (tertiary/aromatic N) is 4. The van der Waals surface area contributed by atoms with Crippen molar-refractivity contribution in [2.45, 2.75) is 32.7 Å². The molecule has 1 aromatic carbocycles. The fourth-order valence-electron chi connectivity index (χ4n) is 5.78. The third-order valence-corrected chi connectivity index (χ3v) is 7.56. The van der Waals surface area contributed by atoms with Gasteiger partial charge in [0.25, 0.3) is 0 Å². The topological polar surface area (TPSA) is 69.0 Å². The second-order valence-electron chi connectivity index (χ2n) is 10.2. The zero-order valence-corrected chi connectivity index (χ0v) is 20.6. The maximum atomic E-state index is 14.2. The average Bonchev–Trinajstić information content (AvgIpc) is 3.29. The van der Waals surface area contributed by atoms with Crippen LogP contribution in [0.25, 0.3) is 0 Å². The Morgan fingerprint density at radius 1 is 1.17 bits per heavy atom. The fourth-order valence-corrected chi connectivity index (χ4v) is 5.78. The SMILES string of the molecule is Cc1cc(C2=NCC3=C2CN(C(=O)CC2CC(CO)CN(Cc4c(F)cccc4F)C2)CC3)ccn1. The lowest BCUT2D eigenvalue weighted by atomic mass is 9.86. The number of carbonyl (C=O) groups is 1. The number of aliphatic imine (C=N–C) groups is 1. The molecule has 1 fully saturated rings. The van der Waals surface area contributed by atoms with E-state index in [1.54, 1.807) is 6.20 Å². The van der Waals surface area contributed by atoms with E-state index in [1.807, 2.05) is 28.9 Å². The van der Waals surface area contributed by atoms with Gasteiger partial charge in [0.15, 0.2) is 0 Å². The van der Waals surface area contributed by atoms with Gasteiger partial charge in [0, 0.05) is 68.8 Å². The summed E-state index contributed by atoms with van der Waals surface area (Å²) in [5.41, 5.74) is 5.42. The number of pyridine rings is 1. The van der Waals surface area contributed by atoms with Gasteiger partial charge in [-0.3, -0.25) is 19.7 Å². The number of hydrogen-bond acceptors (Lipinski definition) is 5. The molecule has 190 valence electrons. The first kappa shape index (κ1) is 24.7. The molecule has 0 spiro atoms. The number of aryl methyl sites for hydroxylation is 1. The number of rotatable bonds is 6. The van der Waals surface area contributed by atoms with Crippen LogP contribution in [0.4, 0.5) is 8.78 Å². The molecule has 8 heteroatoms. The molecule has 4 heterocycles. The third kappa shape index (κ3) is 5.25. The van der Waals surface area contributed by atoms with Crippen LogP contribution >= 0.6 is 0 Å². The van der Waals surface area contributed by atoms with Crippen molar-refractivity contribution >= 4 is 11.6 Å². The van der Waals surface area contributed by atoms with Crippen LogP contribution in [0.1, 0.15) is 36.1 Å². The first-order chi connectivity index (χ1) is 17.4. The van der Waals surface area contributed by atoms with Gasteiger partial charge in [-0.15, -0.1) is 0 Å². The standard InChI is InChI=1S/C28H32F2N4O2/c1-18-9-21(5-7-31-18)28-23-16-34(8-6-22(23)12-32-28)27(36)11-19-10-20(17-35)14-33(13-19)15-24-25(29)3-2-4-26(24)30/h2-5,7,9,19-20,35H,6,8,10-17H2,1H3. The van der Waals surface area contributed by atoms with Crippen LogP contribution in [-0.4, -0.2) is 70.8 Å². The largest absolute Gasteiger partial charge is 0.396 e. The summed E-state index contributed by atoms with van der Waals surface area (Å²) in [6.45, 7) is 5.12. The molecule has 1 aromatic heterocycles. The van der Waals surface area contributed by atoms with Crippen LogP contribution in [0.5, 0.6) is 0 Å². The first-order valence-corrected chi connectivity index (χ1v) is 12.6. The number of aliphatic hydroxyl groups excluding tert-OH is 1. The van der Waals surface area contributed by atoms with Crippen LogP contribution in [0.15, 0.2) is 52.7 Å². The Balaban J connectivity index is 1.24. The average molecular weight is 495 g/mol. The molecule has 6 nitrogen and oxygen atoms in total. The lowest BCUT2D eigenvalue weighted by Gasteiger charge is -2.38. The highest BCUT2D eigenvalue weighted by Gasteiger charge is 2.33. The molecule has 1 N–H and O–H groups in total. The van der Waals surface area contributed by atoms with Gasteiger partial charge in [0.2, 0.25) is 5.91 Å². The van der Waals surface area contributed by atoms with Gasteiger partial charge in [-0.25, -0.2) is 8.78 Å². The molecule has 5 rings (SSSR count). The van der Waals surface area contributed by atoms with Crippen molar-refractivity contribution < 1.29 is 18.7 Å². The van der Waals surface area contributed by atoms with Gasteiger partial charge in [-0.1, -0.05) is 6.07 Å². The lowest BCUT2D eigenvalue weighted by Crippen LogP contribution is -2.44. The molecule has 0 saturated carbocycles. The predicted molar refractivity (Wildman–Crippen MR) is 134 cm³/mol. The first-order valence-electron chi connectivity index (χ1n) is 12.6. The number of piperidine rings is 1. The fraction of sp³-hybridized carbons (Fsp3) is 0.464. The number of aliphatic hydroxyl groups is 1. The summed E-state index contributed by atoms with van der Waals surface area (Å²) >= 11 is 0. The van der Waals surface area contributed by atoms with Gasteiger partial charge in [0.05, 0.1) is 12.3 Å². The second-order valence-corrected chi connectivity index (χ2v) is 10.2. The Bertz CT molecular complexity index is 1190. The molecule has 3 aliphatic heterocycles. The second kappa shape index (κ2) is 10.6. The van der Waals surface area contributed by atoms with Crippen LogP contribution < -0.4 is 0 Å². The number of amides is 1. The highest BCUT2D eigenvalue weighted by molar-refractivity contribution is 6.15. The Morgan fingerprint density at radius 3 is 2.69 bits per heavy atom. The number of benzene rings is 1. The van der Waals surface area contributed by atoms with E-state index in [1.165, 1.54) is 23.8 Å². The Labute approximate surface area is 210 Å².